The monoisotopic (exact) mass is 478 g/mol. The maximum atomic E-state index is 12.6. The molecule has 4 rings (SSSR count). The summed E-state index contributed by atoms with van der Waals surface area (Å²) in [5.41, 5.74) is 2.45. The van der Waals surface area contributed by atoms with Crippen molar-refractivity contribution in [1.29, 1.82) is 0 Å². The third kappa shape index (κ3) is 4.68. The maximum absolute atomic E-state index is 12.6. The topological polar surface area (TPSA) is 99.7 Å². The Bertz CT molecular complexity index is 1060. The number of hydrogen-bond acceptors (Lipinski definition) is 7. The molecule has 2 aliphatic rings. The van der Waals surface area contributed by atoms with Gasteiger partial charge in [-0.25, -0.2) is 9.78 Å². The highest BCUT2D eigenvalue weighted by molar-refractivity contribution is 6.33. The third-order valence-corrected chi connectivity index (χ3v) is 5.64. The van der Waals surface area contributed by atoms with Gasteiger partial charge in [-0.3, -0.25) is 4.79 Å². The molecule has 2 aromatic rings. The number of fused-ring (bicyclic) bond motifs is 1. The Labute approximate surface area is 196 Å². The number of benzene rings is 1. The van der Waals surface area contributed by atoms with Crippen LogP contribution in [0.5, 0.6) is 0 Å². The van der Waals surface area contributed by atoms with Crippen molar-refractivity contribution in [2.75, 3.05) is 36.4 Å². The van der Waals surface area contributed by atoms with E-state index >= 15 is 0 Å². The highest BCUT2D eigenvalue weighted by Crippen LogP contribution is 2.36. The number of hydrogen-bond donors (Lipinski definition) is 2. The first-order valence-corrected chi connectivity index (χ1v) is 11.0. The number of aromatic nitrogens is 2. The number of rotatable bonds is 3. The van der Waals surface area contributed by atoms with Gasteiger partial charge in [-0.05, 0) is 44.5 Å². The minimum Gasteiger partial charge on any atom is -0.444 e. The Morgan fingerprint density at radius 2 is 1.91 bits per heavy atom. The van der Waals surface area contributed by atoms with E-state index in [2.05, 4.69) is 25.5 Å². The van der Waals surface area contributed by atoms with E-state index in [-0.39, 0.29) is 17.3 Å². The summed E-state index contributed by atoms with van der Waals surface area (Å²) in [6.07, 6.45) is 1.09. The number of nitrogens with one attached hydrogen (secondary N) is 2. The van der Waals surface area contributed by atoms with Crippen LogP contribution in [0.15, 0.2) is 18.3 Å². The first-order valence-electron chi connectivity index (χ1n) is 10.2. The minimum atomic E-state index is -0.527. The molecule has 0 aliphatic carbocycles. The van der Waals surface area contributed by atoms with Gasteiger partial charge in [-0.15, -0.1) is 0 Å². The molecule has 2 aliphatic heterocycles. The van der Waals surface area contributed by atoms with Crippen LogP contribution in [0.1, 0.15) is 36.7 Å². The number of nitrogens with zero attached hydrogens (tertiary/aromatic N) is 4. The standard InChI is InChI=1S/C21H24Cl2N6O3/c1-21(2,3)32-20(31)29-8-6-28(7-9-29)15-5-4-14(16-12(15)10-24-18(16)30)26-17-13(22)11-25-19(23)27-17/h4-5,11H,6-10H2,1-3H3,(H,24,30)(H,25,26,27). The van der Waals surface area contributed by atoms with Crippen LogP contribution in [0.4, 0.5) is 22.0 Å². The highest BCUT2D eigenvalue weighted by atomic mass is 35.5. The summed E-state index contributed by atoms with van der Waals surface area (Å²) in [5, 5.41) is 6.34. The van der Waals surface area contributed by atoms with Crippen molar-refractivity contribution in [3.8, 4) is 0 Å². The first kappa shape index (κ1) is 22.4. The molecule has 9 nitrogen and oxygen atoms in total. The quantitative estimate of drug-likeness (QED) is 0.646. The molecule has 2 N–H and O–H groups in total. The van der Waals surface area contributed by atoms with E-state index in [0.29, 0.717) is 54.8 Å². The predicted octanol–water partition coefficient (Wildman–Crippen LogP) is 3.83. The molecule has 11 heteroatoms. The molecule has 1 aromatic carbocycles. The van der Waals surface area contributed by atoms with Gasteiger partial charge in [0, 0.05) is 44.0 Å². The van der Waals surface area contributed by atoms with Crippen LogP contribution in [0.3, 0.4) is 0 Å². The molecule has 170 valence electrons. The van der Waals surface area contributed by atoms with Crippen molar-refractivity contribution in [1.82, 2.24) is 20.2 Å². The fraction of sp³-hybridized carbons (Fsp3) is 0.429. The molecular formula is C21H24Cl2N6O3. The van der Waals surface area contributed by atoms with Gasteiger partial charge in [0.25, 0.3) is 5.91 Å². The van der Waals surface area contributed by atoms with Gasteiger partial charge >= 0.3 is 6.09 Å². The van der Waals surface area contributed by atoms with E-state index in [1.807, 2.05) is 32.9 Å². The Morgan fingerprint density at radius 1 is 1.19 bits per heavy atom. The first-order chi connectivity index (χ1) is 15.1. The summed E-state index contributed by atoms with van der Waals surface area (Å²) in [6, 6.07) is 3.78. The van der Waals surface area contributed by atoms with E-state index in [1.54, 1.807) is 4.90 Å². The molecule has 32 heavy (non-hydrogen) atoms. The summed E-state index contributed by atoms with van der Waals surface area (Å²) in [6.45, 7) is 8.34. The van der Waals surface area contributed by atoms with Gasteiger partial charge in [0.05, 0.1) is 17.4 Å². The SMILES string of the molecule is CC(C)(C)OC(=O)N1CCN(c2ccc(Nc3nc(Cl)ncc3Cl)c3c2CNC3=O)CC1. The van der Waals surface area contributed by atoms with Crippen molar-refractivity contribution in [3.63, 3.8) is 0 Å². The van der Waals surface area contributed by atoms with Gasteiger partial charge in [-0.2, -0.15) is 4.98 Å². The van der Waals surface area contributed by atoms with Crippen molar-refractivity contribution >= 4 is 52.4 Å². The smallest absolute Gasteiger partial charge is 0.410 e. The number of carbonyl (C=O) groups is 2. The number of ether oxygens (including phenoxy) is 1. The average molecular weight is 479 g/mol. The second-order valence-corrected chi connectivity index (χ2v) is 9.33. The molecule has 1 saturated heterocycles. The lowest BCUT2D eigenvalue weighted by Crippen LogP contribution is -2.50. The van der Waals surface area contributed by atoms with Crippen LogP contribution in [0.2, 0.25) is 10.3 Å². The van der Waals surface area contributed by atoms with Crippen molar-refractivity contribution in [2.45, 2.75) is 32.9 Å². The van der Waals surface area contributed by atoms with Crippen molar-refractivity contribution in [2.24, 2.45) is 0 Å². The number of halogens is 2. The van der Waals surface area contributed by atoms with Crippen molar-refractivity contribution in [3.05, 3.63) is 39.8 Å². The normalized spacial score (nSPS) is 16.0. The van der Waals surface area contributed by atoms with E-state index in [9.17, 15) is 9.59 Å². The van der Waals surface area contributed by atoms with Gasteiger partial charge in [0.15, 0.2) is 5.82 Å². The average Bonchev–Trinajstić information content (AvgIpc) is 3.12. The molecule has 2 amide bonds. The van der Waals surface area contributed by atoms with E-state index < -0.39 is 5.60 Å². The summed E-state index contributed by atoms with van der Waals surface area (Å²) in [5.74, 6) is 0.153. The summed E-state index contributed by atoms with van der Waals surface area (Å²) >= 11 is 12.0. The lowest BCUT2D eigenvalue weighted by Gasteiger charge is -2.37. The zero-order valence-electron chi connectivity index (χ0n) is 18.0. The second-order valence-electron chi connectivity index (χ2n) is 8.58. The predicted molar refractivity (Wildman–Crippen MR) is 123 cm³/mol. The largest absolute Gasteiger partial charge is 0.444 e. The van der Waals surface area contributed by atoms with E-state index in [1.165, 1.54) is 6.20 Å². The van der Waals surface area contributed by atoms with Gasteiger partial charge in [-0.1, -0.05) is 11.6 Å². The number of amides is 2. The molecule has 3 heterocycles. The molecule has 0 radical (unpaired) electrons. The second kappa shape index (κ2) is 8.63. The minimum absolute atomic E-state index is 0.0532. The number of carbonyl (C=O) groups excluding carboxylic acids is 2. The Morgan fingerprint density at radius 3 is 2.59 bits per heavy atom. The molecule has 1 aromatic heterocycles. The highest BCUT2D eigenvalue weighted by Gasteiger charge is 2.31. The molecule has 1 fully saturated rings. The molecule has 0 atom stereocenters. The number of anilines is 3. The molecular weight excluding hydrogens is 455 g/mol. The zero-order chi connectivity index (χ0) is 23.0. The third-order valence-electron chi connectivity index (χ3n) is 5.18. The fourth-order valence-corrected chi connectivity index (χ4v) is 4.02. The van der Waals surface area contributed by atoms with E-state index in [4.69, 9.17) is 27.9 Å². The summed E-state index contributed by atoms with van der Waals surface area (Å²) < 4.78 is 5.47. The van der Waals surface area contributed by atoms with Crippen LogP contribution in [0, 0.1) is 0 Å². The molecule has 0 saturated carbocycles. The Hall–Kier alpha value is -2.78. The molecule has 0 spiro atoms. The number of piperazine rings is 1. The van der Waals surface area contributed by atoms with Crippen LogP contribution in [0.25, 0.3) is 0 Å². The lowest BCUT2D eigenvalue weighted by atomic mass is 10.0. The summed E-state index contributed by atoms with van der Waals surface area (Å²) in [7, 11) is 0. The zero-order valence-corrected chi connectivity index (χ0v) is 19.5. The van der Waals surface area contributed by atoms with Crippen LogP contribution in [-0.4, -0.2) is 58.6 Å². The van der Waals surface area contributed by atoms with Crippen LogP contribution >= 0.6 is 23.2 Å². The van der Waals surface area contributed by atoms with Crippen LogP contribution in [-0.2, 0) is 11.3 Å². The van der Waals surface area contributed by atoms with Gasteiger partial charge < -0.3 is 25.2 Å². The summed E-state index contributed by atoms with van der Waals surface area (Å²) in [4.78, 5) is 36.8. The molecule has 0 unspecified atom stereocenters. The lowest BCUT2D eigenvalue weighted by molar-refractivity contribution is 0.0240. The Kier molecular flexibility index (Phi) is 6.05. The van der Waals surface area contributed by atoms with Crippen molar-refractivity contribution < 1.29 is 14.3 Å². The molecule has 0 bridgehead atoms. The maximum Gasteiger partial charge on any atom is 0.410 e. The Balaban J connectivity index is 1.54. The van der Waals surface area contributed by atoms with E-state index in [0.717, 1.165) is 11.3 Å². The fourth-order valence-electron chi connectivity index (χ4n) is 3.75. The van der Waals surface area contributed by atoms with Gasteiger partial charge in [0.2, 0.25) is 5.28 Å². The van der Waals surface area contributed by atoms with Gasteiger partial charge in [0.1, 0.15) is 10.6 Å². The van der Waals surface area contributed by atoms with Crippen LogP contribution < -0.4 is 15.5 Å².